The molecule has 2 aromatic rings. The standard InChI is InChI=1S/C13H14O3S/c1-13(2,7-11(14)15)9-3-4-10-8(12(9)16)5-6-17-10/h3-6,16H,7H2,1-2H3,(H,14,15). The van der Waals surface area contributed by atoms with E-state index in [1.807, 2.05) is 37.4 Å². The van der Waals surface area contributed by atoms with E-state index in [9.17, 15) is 9.90 Å². The molecule has 0 atom stereocenters. The van der Waals surface area contributed by atoms with Gasteiger partial charge in [-0.2, -0.15) is 0 Å². The van der Waals surface area contributed by atoms with Crippen molar-refractivity contribution in [2.45, 2.75) is 25.7 Å². The van der Waals surface area contributed by atoms with Crippen LogP contribution in [0.15, 0.2) is 23.6 Å². The number of hydrogen-bond donors (Lipinski definition) is 2. The van der Waals surface area contributed by atoms with E-state index < -0.39 is 11.4 Å². The molecular formula is C13H14O3S. The van der Waals surface area contributed by atoms with Crippen LogP contribution in [-0.2, 0) is 10.2 Å². The fourth-order valence-corrected chi connectivity index (χ4v) is 2.84. The van der Waals surface area contributed by atoms with Crippen LogP contribution < -0.4 is 0 Å². The Labute approximate surface area is 103 Å². The molecule has 0 aliphatic rings. The van der Waals surface area contributed by atoms with Gasteiger partial charge < -0.3 is 10.2 Å². The first-order chi connectivity index (χ1) is 7.92. The molecule has 3 nitrogen and oxygen atoms in total. The van der Waals surface area contributed by atoms with Crippen molar-refractivity contribution in [1.29, 1.82) is 0 Å². The lowest BCUT2D eigenvalue weighted by atomic mass is 9.80. The molecule has 0 radical (unpaired) electrons. The van der Waals surface area contributed by atoms with Crippen LogP contribution in [0.4, 0.5) is 0 Å². The summed E-state index contributed by atoms with van der Waals surface area (Å²) in [5.41, 5.74) is 0.109. The molecule has 0 saturated carbocycles. The normalized spacial score (nSPS) is 11.9. The van der Waals surface area contributed by atoms with Crippen LogP contribution in [-0.4, -0.2) is 16.2 Å². The van der Waals surface area contributed by atoms with Crippen LogP contribution in [0, 0.1) is 0 Å². The zero-order valence-corrected chi connectivity index (χ0v) is 10.5. The van der Waals surface area contributed by atoms with Crippen molar-refractivity contribution in [3.63, 3.8) is 0 Å². The first-order valence-electron chi connectivity index (χ1n) is 5.33. The molecule has 0 bridgehead atoms. The molecule has 1 aromatic heterocycles. The highest BCUT2D eigenvalue weighted by Crippen LogP contribution is 2.39. The van der Waals surface area contributed by atoms with E-state index in [1.165, 1.54) is 0 Å². The minimum absolute atomic E-state index is 0.00377. The van der Waals surface area contributed by atoms with Crippen molar-refractivity contribution in [3.8, 4) is 5.75 Å². The molecular weight excluding hydrogens is 236 g/mol. The minimum atomic E-state index is -0.861. The smallest absolute Gasteiger partial charge is 0.304 e. The Balaban J connectivity index is 2.54. The number of rotatable bonds is 3. The topological polar surface area (TPSA) is 57.5 Å². The number of fused-ring (bicyclic) bond motifs is 1. The second-order valence-electron chi connectivity index (χ2n) is 4.75. The van der Waals surface area contributed by atoms with Crippen LogP contribution in [0.5, 0.6) is 5.75 Å². The molecule has 2 N–H and O–H groups in total. The lowest BCUT2D eigenvalue weighted by Crippen LogP contribution is -2.21. The maximum absolute atomic E-state index is 10.8. The van der Waals surface area contributed by atoms with E-state index in [-0.39, 0.29) is 12.2 Å². The van der Waals surface area contributed by atoms with Crippen LogP contribution in [0.1, 0.15) is 25.8 Å². The molecule has 4 heteroatoms. The second-order valence-corrected chi connectivity index (χ2v) is 5.70. The third-order valence-corrected chi connectivity index (χ3v) is 3.81. The van der Waals surface area contributed by atoms with E-state index in [1.54, 1.807) is 11.3 Å². The quantitative estimate of drug-likeness (QED) is 0.878. The highest BCUT2D eigenvalue weighted by atomic mass is 32.1. The molecule has 1 heterocycles. The number of phenolic OH excluding ortho intramolecular Hbond substituents is 1. The number of carboxylic acid groups (broad SMARTS) is 1. The maximum Gasteiger partial charge on any atom is 0.304 e. The zero-order valence-electron chi connectivity index (χ0n) is 9.73. The average molecular weight is 250 g/mol. The van der Waals surface area contributed by atoms with Gasteiger partial charge in [0.1, 0.15) is 5.75 Å². The molecule has 0 unspecified atom stereocenters. The fourth-order valence-electron chi connectivity index (χ4n) is 2.05. The molecule has 0 spiro atoms. The Morgan fingerprint density at radius 1 is 1.35 bits per heavy atom. The van der Waals surface area contributed by atoms with Crippen LogP contribution in [0.2, 0.25) is 0 Å². The van der Waals surface area contributed by atoms with Crippen molar-refractivity contribution in [1.82, 2.24) is 0 Å². The SMILES string of the molecule is CC(C)(CC(=O)O)c1ccc2sccc2c1O. The van der Waals surface area contributed by atoms with Gasteiger partial charge in [-0.3, -0.25) is 4.79 Å². The Morgan fingerprint density at radius 3 is 2.71 bits per heavy atom. The first-order valence-corrected chi connectivity index (χ1v) is 6.21. The highest BCUT2D eigenvalue weighted by molar-refractivity contribution is 7.17. The van der Waals surface area contributed by atoms with E-state index in [0.717, 1.165) is 10.1 Å². The van der Waals surface area contributed by atoms with E-state index in [4.69, 9.17) is 5.11 Å². The van der Waals surface area contributed by atoms with Gasteiger partial charge in [0, 0.05) is 21.1 Å². The van der Waals surface area contributed by atoms with E-state index in [0.29, 0.717) is 5.56 Å². The average Bonchev–Trinajstić information content (AvgIpc) is 2.64. The Kier molecular flexibility index (Phi) is 2.83. The predicted octanol–water partition coefficient (Wildman–Crippen LogP) is 3.36. The summed E-state index contributed by atoms with van der Waals surface area (Å²) in [7, 11) is 0. The molecule has 0 saturated heterocycles. The number of aromatic hydroxyl groups is 1. The second kappa shape index (κ2) is 4.04. The van der Waals surface area contributed by atoms with Crippen LogP contribution >= 0.6 is 11.3 Å². The number of hydrogen-bond acceptors (Lipinski definition) is 3. The highest BCUT2D eigenvalue weighted by Gasteiger charge is 2.27. The summed E-state index contributed by atoms with van der Waals surface area (Å²) < 4.78 is 1.01. The lowest BCUT2D eigenvalue weighted by Gasteiger charge is -2.24. The van der Waals surface area contributed by atoms with Gasteiger partial charge in [0.2, 0.25) is 0 Å². The zero-order chi connectivity index (χ0) is 12.6. The summed E-state index contributed by atoms with van der Waals surface area (Å²) in [5.74, 6) is -0.658. The third-order valence-electron chi connectivity index (χ3n) is 2.93. The largest absolute Gasteiger partial charge is 0.507 e. The summed E-state index contributed by atoms with van der Waals surface area (Å²) in [6.45, 7) is 3.66. The molecule has 0 aliphatic heterocycles. The lowest BCUT2D eigenvalue weighted by molar-refractivity contribution is -0.138. The van der Waals surface area contributed by atoms with Crippen molar-refractivity contribution < 1.29 is 15.0 Å². The maximum atomic E-state index is 10.8. The number of aliphatic carboxylic acids is 1. The summed E-state index contributed by atoms with van der Waals surface area (Å²) in [5, 5.41) is 21.8. The fraction of sp³-hybridized carbons (Fsp3) is 0.308. The van der Waals surface area contributed by atoms with Gasteiger partial charge in [-0.25, -0.2) is 0 Å². The monoisotopic (exact) mass is 250 g/mol. The molecule has 90 valence electrons. The first kappa shape index (κ1) is 11.9. The van der Waals surface area contributed by atoms with E-state index >= 15 is 0 Å². The van der Waals surface area contributed by atoms with Crippen molar-refractivity contribution in [2.75, 3.05) is 0 Å². The number of benzene rings is 1. The Morgan fingerprint density at radius 2 is 2.06 bits per heavy atom. The van der Waals surface area contributed by atoms with Crippen molar-refractivity contribution >= 4 is 27.4 Å². The summed E-state index contributed by atoms with van der Waals surface area (Å²) in [6.07, 6.45) is -0.00377. The third kappa shape index (κ3) is 2.13. The molecule has 2 rings (SSSR count). The van der Waals surface area contributed by atoms with Gasteiger partial charge in [-0.15, -0.1) is 11.3 Å². The van der Waals surface area contributed by atoms with Gasteiger partial charge in [-0.05, 0) is 17.5 Å². The van der Waals surface area contributed by atoms with Gasteiger partial charge in [0.05, 0.1) is 6.42 Å². The molecule has 1 aromatic carbocycles. The number of carboxylic acids is 1. The van der Waals surface area contributed by atoms with Crippen LogP contribution in [0.25, 0.3) is 10.1 Å². The number of thiophene rings is 1. The van der Waals surface area contributed by atoms with E-state index in [2.05, 4.69) is 0 Å². The Bertz CT molecular complexity index is 569. The van der Waals surface area contributed by atoms with Crippen LogP contribution in [0.3, 0.4) is 0 Å². The summed E-state index contributed by atoms with van der Waals surface area (Å²) in [6, 6.07) is 5.60. The van der Waals surface area contributed by atoms with Crippen molar-refractivity contribution in [2.24, 2.45) is 0 Å². The van der Waals surface area contributed by atoms with Gasteiger partial charge >= 0.3 is 5.97 Å². The van der Waals surface area contributed by atoms with Gasteiger partial charge in [0.25, 0.3) is 0 Å². The number of phenols is 1. The van der Waals surface area contributed by atoms with Gasteiger partial charge in [-0.1, -0.05) is 19.9 Å². The van der Waals surface area contributed by atoms with Crippen molar-refractivity contribution in [3.05, 3.63) is 29.1 Å². The number of carbonyl (C=O) groups is 1. The molecule has 0 fully saturated rings. The summed E-state index contributed by atoms with van der Waals surface area (Å²) >= 11 is 1.56. The Hall–Kier alpha value is -1.55. The van der Waals surface area contributed by atoms with Gasteiger partial charge in [0.15, 0.2) is 0 Å². The molecule has 0 aliphatic carbocycles. The predicted molar refractivity (Wildman–Crippen MR) is 68.8 cm³/mol. The minimum Gasteiger partial charge on any atom is -0.507 e. The summed E-state index contributed by atoms with van der Waals surface area (Å²) in [4.78, 5) is 10.8. The molecule has 0 amide bonds. The molecule has 17 heavy (non-hydrogen) atoms.